The predicted octanol–water partition coefficient (Wildman–Crippen LogP) is 16.8. The van der Waals surface area contributed by atoms with E-state index in [9.17, 15) is 0 Å². The van der Waals surface area contributed by atoms with Gasteiger partial charge < -0.3 is 13.4 Å². The molecule has 4 heterocycles. The molecule has 0 saturated heterocycles. The van der Waals surface area contributed by atoms with Crippen molar-refractivity contribution in [1.29, 1.82) is 0 Å². The number of fused-ring (bicyclic) bond motifs is 9. The van der Waals surface area contributed by atoms with Crippen molar-refractivity contribution >= 4 is 65.7 Å². The SMILES string of the molecule is c1ccc(-c2nc(-c3ccccc3)nc(-c3cccc(-c4cccc5oc6ccc(-c7ccc8c(c7)c7cc(-c9ccc%10oc%11ccccc%11c%10c9)ccc7n8-c7ccccc7)cc6c45)c3)n2)cc1. The maximum Gasteiger partial charge on any atom is 0.164 e. The first-order chi connectivity index (χ1) is 34.2. The Labute approximate surface area is 396 Å². The lowest BCUT2D eigenvalue weighted by molar-refractivity contribution is 0.668. The molecule has 0 amide bonds. The lowest BCUT2D eigenvalue weighted by atomic mass is 9.95. The van der Waals surface area contributed by atoms with E-state index < -0.39 is 0 Å². The molecule has 0 aliphatic carbocycles. The van der Waals surface area contributed by atoms with Crippen LogP contribution in [0.1, 0.15) is 0 Å². The molecule has 0 bridgehead atoms. The monoisotopic (exact) mass is 882 g/mol. The molecule has 0 atom stereocenters. The first kappa shape index (κ1) is 38.8. The largest absolute Gasteiger partial charge is 0.456 e. The zero-order chi connectivity index (χ0) is 45.4. The number of hydrogen-bond donors (Lipinski definition) is 0. The van der Waals surface area contributed by atoms with E-state index >= 15 is 0 Å². The van der Waals surface area contributed by atoms with Crippen molar-refractivity contribution in [2.45, 2.75) is 0 Å². The third-order valence-electron chi connectivity index (χ3n) is 13.4. The van der Waals surface area contributed by atoms with Crippen molar-refractivity contribution in [2.24, 2.45) is 0 Å². The van der Waals surface area contributed by atoms with Gasteiger partial charge in [0.05, 0.1) is 11.0 Å². The normalized spacial score (nSPS) is 11.8. The minimum Gasteiger partial charge on any atom is -0.456 e. The highest BCUT2D eigenvalue weighted by Crippen LogP contribution is 2.42. The maximum atomic E-state index is 6.59. The van der Waals surface area contributed by atoms with Gasteiger partial charge in [0.15, 0.2) is 17.5 Å². The van der Waals surface area contributed by atoms with Crippen molar-refractivity contribution in [3.63, 3.8) is 0 Å². The van der Waals surface area contributed by atoms with Crippen LogP contribution in [-0.2, 0) is 0 Å². The van der Waals surface area contributed by atoms with Crippen LogP contribution in [0.5, 0.6) is 0 Å². The van der Waals surface area contributed by atoms with E-state index in [0.29, 0.717) is 17.5 Å². The molecule has 0 aliphatic rings. The lowest BCUT2D eigenvalue weighted by Gasteiger charge is -2.10. The zero-order valence-corrected chi connectivity index (χ0v) is 37.0. The van der Waals surface area contributed by atoms with Crippen LogP contribution in [0.25, 0.3) is 139 Å². The molecule has 0 aliphatic heterocycles. The number of rotatable bonds is 7. The molecule has 0 unspecified atom stereocenters. The summed E-state index contributed by atoms with van der Waals surface area (Å²) in [5.74, 6) is 1.87. The van der Waals surface area contributed by atoms with Crippen molar-refractivity contribution in [1.82, 2.24) is 19.5 Å². The van der Waals surface area contributed by atoms with E-state index in [2.05, 4.69) is 162 Å². The summed E-state index contributed by atoms with van der Waals surface area (Å²) in [6.45, 7) is 0. The number of hydrogen-bond acceptors (Lipinski definition) is 5. The average molecular weight is 883 g/mol. The molecule has 0 spiro atoms. The fraction of sp³-hybridized carbons (Fsp3) is 0. The first-order valence-electron chi connectivity index (χ1n) is 23.2. The van der Waals surface area contributed by atoms with E-state index in [4.69, 9.17) is 23.8 Å². The Bertz CT molecular complexity index is 4250. The number of aromatic nitrogens is 4. The molecule has 4 aromatic heterocycles. The molecule has 6 nitrogen and oxygen atoms in total. The zero-order valence-electron chi connectivity index (χ0n) is 37.0. The topological polar surface area (TPSA) is 69.9 Å². The summed E-state index contributed by atoms with van der Waals surface area (Å²) in [5, 5.41) is 6.73. The minimum absolute atomic E-state index is 0.611. The summed E-state index contributed by atoms with van der Waals surface area (Å²) in [5.41, 5.74) is 16.3. The lowest BCUT2D eigenvalue weighted by Crippen LogP contribution is -2.00. The summed E-state index contributed by atoms with van der Waals surface area (Å²) in [7, 11) is 0. The number of nitrogens with zero attached hydrogens (tertiary/aromatic N) is 4. The molecular weight excluding hydrogens is 845 g/mol. The maximum absolute atomic E-state index is 6.59. The summed E-state index contributed by atoms with van der Waals surface area (Å²) >= 11 is 0. The highest BCUT2D eigenvalue weighted by molar-refractivity contribution is 6.15. The van der Waals surface area contributed by atoms with Crippen molar-refractivity contribution < 1.29 is 8.83 Å². The van der Waals surface area contributed by atoms with Gasteiger partial charge >= 0.3 is 0 Å². The van der Waals surface area contributed by atoms with Gasteiger partial charge in [0.2, 0.25) is 0 Å². The van der Waals surface area contributed by atoms with Gasteiger partial charge in [-0.25, -0.2) is 15.0 Å². The molecule has 10 aromatic carbocycles. The van der Waals surface area contributed by atoms with Crippen LogP contribution in [0.4, 0.5) is 0 Å². The third-order valence-corrected chi connectivity index (χ3v) is 13.4. The fourth-order valence-electron chi connectivity index (χ4n) is 10.2. The van der Waals surface area contributed by atoms with Gasteiger partial charge in [0, 0.05) is 54.7 Å². The summed E-state index contributed by atoms with van der Waals surface area (Å²) in [6, 6.07) is 80.6. The smallest absolute Gasteiger partial charge is 0.164 e. The standard InChI is InChI=1S/C63H38N4O2/c1-4-14-39(15-5-1)61-64-62(40-16-6-2-7-17-40)66-63(65-61)46-19-12-18-45(34-46)48-23-13-25-59-60(48)53-38-44(29-33-58(53)69-59)42-27-31-55-51(36-42)50-35-41(26-30-54(50)67(55)47-20-8-3-9-21-47)43-28-32-57-52(37-43)49-22-10-11-24-56(49)68-57/h1-38H. The van der Waals surface area contributed by atoms with E-state index in [1.807, 2.05) is 72.8 Å². The van der Waals surface area contributed by atoms with E-state index in [1.165, 1.54) is 10.8 Å². The van der Waals surface area contributed by atoms with Crippen LogP contribution in [-0.4, -0.2) is 19.5 Å². The van der Waals surface area contributed by atoms with Crippen molar-refractivity contribution in [3.05, 3.63) is 231 Å². The molecule has 14 aromatic rings. The molecule has 322 valence electrons. The van der Waals surface area contributed by atoms with Gasteiger partial charge in [0.25, 0.3) is 0 Å². The molecule has 0 fully saturated rings. The summed E-state index contributed by atoms with van der Waals surface area (Å²) in [4.78, 5) is 15.0. The molecular formula is C63H38N4O2. The van der Waals surface area contributed by atoms with E-state index in [0.717, 1.165) is 111 Å². The predicted molar refractivity (Wildman–Crippen MR) is 281 cm³/mol. The second-order valence-corrected chi connectivity index (χ2v) is 17.6. The molecule has 0 radical (unpaired) electrons. The molecule has 69 heavy (non-hydrogen) atoms. The number of furan rings is 2. The number of para-hydroxylation sites is 2. The van der Waals surface area contributed by atoms with Crippen LogP contribution in [0.2, 0.25) is 0 Å². The van der Waals surface area contributed by atoms with E-state index in [-0.39, 0.29) is 0 Å². The number of benzene rings is 10. The van der Waals surface area contributed by atoms with E-state index in [1.54, 1.807) is 0 Å². The van der Waals surface area contributed by atoms with Crippen LogP contribution < -0.4 is 0 Å². The second-order valence-electron chi connectivity index (χ2n) is 17.6. The van der Waals surface area contributed by atoms with Crippen molar-refractivity contribution in [2.75, 3.05) is 0 Å². The van der Waals surface area contributed by atoms with Gasteiger partial charge in [-0.1, -0.05) is 152 Å². The Morgan fingerprint density at radius 1 is 0.275 bits per heavy atom. The fourth-order valence-corrected chi connectivity index (χ4v) is 10.2. The Kier molecular flexibility index (Phi) is 8.79. The summed E-state index contributed by atoms with van der Waals surface area (Å²) < 4.78 is 15.2. The van der Waals surface area contributed by atoms with Gasteiger partial charge in [-0.05, 0) is 112 Å². The first-order valence-corrected chi connectivity index (χ1v) is 23.2. The van der Waals surface area contributed by atoms with Crippen LogP contribution in [0, 0.1) is 0 Å². The molecule has 14 rings (SSSR count). The third kappa shape index (κ3) is 6.53. The highest BCUT2D eigenvalue weighted by atomic mass is 16.3. The van der Waals surface area contributed by atoms with Gasteiger partial charge in [-0.2, -0.15) is 0 Å². The Hall–Kier alpha value is -9.39. The van der Waals surface area contributed by atoms with Crippen LogP contribution in [0.15, 0.2) is 239 Å². The Morgan fingerprint density at radius 2 is 0.725 bits per heavy atom. The average Bonchev–Trinajstić information content (AvgIpc) is 4.10. The van der Waals surface area contributed by atoms with Gasteiger partial charge in [-0.15, -0.1) is 0 Å². The van der Waals surface area contributed by atoms with Crippen molar-refractivity contribution in [3.8, 4) is 73.2 Å². The van der Waals surface area contributed by atoms with Crippen LogP contribution in [0.3, 0.4) is 0 Å². The molecule has 0 N–H and O–H groups in total. The quantitative estimate of drug-likeness (QED) is 0.159. The van der Waals surface area contributed by atoms with Crippen LogP contribution >= 0.6 is 0 Å². The summed E-state index contributed by atoms with van der Waals surface area (Å²) in [6.07, 6.45) is 0. The molecule has 6 heteroatoms. The highest BCUT2D eigenvalue weighted by Gasteiger charge is 2.19. The van der Waals surface area contributed by atoms with Gasteiger partial charge in [-0.3, -0.25) is 0 Å². The second kappa shape index (κ2) is 15.6. The Balaban J connectivity index is 0.897. The van der Waals surface area contributed by atoms with Gasteiger partial charge in [0.1, 0.15) is 22.3 Å². The minimum atomic E-state index is 0.611. The molecule has 0 saturated carbocycles. The Morgan fingerprint density at radius 3 is 1.38 bits per heavy atom.